The number of carbonyl (C=O) groups is 1. The number of aliphatic hydroxyl groups is 1. The van der Waals surface area contributed by atoms with Crippen LogP contribution in [0, 0.1) is 6.92 Å². The van der Waals surface area contributed by atoms with Crippen molar-refractivity contribution in [3.63, 3.8) is 0 Å². The fraction of sp³-hybridized carbons (Fsp3) is 0.208. The van der Waals surface area contributed by atoms with E-state index in [1.807, 2.05) is 0 Å². The van der Waals surface area contributed by atoms with Crippen LogP contribution in [-0.2, 0) is 17.4 Å². The number of oxazole rings is 1. The summed E-state index contributed by atoms with van der Waals surface area (Å²) in [4.78, 5) is 22.4. The zero-order chi connectivity index (χ0) is 23.6. The molecule has 2 heterocycles. The third-order valence-electron chi connectivity index (χ3n) is 5.14. The van der Waals surface area contributed by atoms with Crippen LogP contribution in [0.5, 0.6) is 0 Å². The van der Waals surface area contributed by atoms with E-state index in [0.717, 1.165) is 12.3 Å². The summed E-state index contributed by atoms with van der Waals surface area (Å²) in [5.74, 6) is -0.0965. The normalized spacial score (nSPS) is 12.6. The zero-order valence-corrected chi connectivity index (χ0v) is 17.6. The molecule has 0 spiro atoms. The van der Waals surface area contributed by atoms with Crippen LogP contribution in [0.2, 0.25) is 0 Å². The van der Waals surface area contributed by atoms with Crippen LogP contribution in [0.1, 0.15) is 28.8 Å². The molecule has 0 aliphatic heterocycles. The van der Waals surface area contributed by atoms with E-state index >= 15 is 0 Å². The van der Waals surface area contributed by atoms with E-state index in [0.29, 0.717) is 33.8 Å². The highest BCUT2D eigenvalue weighted by atomic mass is 19.4. The Bertz CT molecular complexity index is 1250. The summed E-state index contributed by atoms with van der Waals surface area (Å²) in [5.41, 5.74) is 1.56. The summed E-state index contributed by atoms with van der Waals surface area (Å²) in [6.45, 7) is 1.82. The molecule has 0 radical (unpaired) electrons. The van der Waals surface area contributed by atoms with Crippen molar-refractivity contribution < 1.29 is 27.5 Å². The Labute approximate surface area is 187 Å². The summed E-state index contributed by atoms with van der Waals surface area (Å²) in [6.07, 6.45) is -4.56. The van der Waals surface area contributed by atoms with E-state index < -0.39 is 23.9 Å². The molecule has 0 saturated heterocycles. The van der Waals surface area contributed by atoms with Gasteiger partial charge in [0.1, 0.15) is 11.2 Å². The largest absolute Gasteiger partial charge is 0.441 e. The molecule has 33 heavy (non-hydrogen) atoms. The molecule has 0 saturated carbocycles. The van der Waals surface area contributed by atoms with Crippen molar-refractivity contribution in [2.45, 2.75) is 25.6 Å². The van der Waals surface area contributed by atoms with Gasteiger partial charge in [-0.05, 0) is 41.8 Å². The lowest BCUT2D eigenvalue weighted by Crippen LogP contribution is -2.37. The number of nitrogens with zero attached hydrogens (tertiary/aromatic N) is 3. The molecule has 9 heteroatoms. The maximum absolute atomic E-state index is 13.3. The molecule has 0 fully saturated rings. The number of aromatic nitrogens is 2. The van der Waals surface area contributed by atoms with E-state index in [4.69, 9.17) is 4.42 Å². The van der Waals surface area contributed by atoms with Gasteiger partial charge in [-0.1, -0.05) is 36.4 Å². The van der Waals surface area contributed by atoms with E-state index in [2.05, 4.69) is 9.97 Å². The van der Waals surface area contributed by atoms with Gasteiger partial charge < -0.3 is 14.4 Å². The summed E-state index contributed by atoms with van der Waals surface area (Å²) >= 11 is 0. The van der Waals surface area contributed by atoms with Gasteiger partial charge in [-0.15, -0.1) is 0 Å². The maximum atomic E-state index is 13.3. The van der Waals surface area contributed by atoms with Crippen LogP contribution in [0.25, 0.3) is 11.1 Å². The molecule has 0 aliphatic carbocycles. The molecule has 0 bridgehead atoms. The minimum atomic E-state index is -4.52. The lowest BCUT2D eigenvalue weighted by Gasteiger charge is -2.25. The lowest BCUT2D eigenvalue weighted by molar-refractivity contribution is -0.141. The average Bonchev–Trinajstić information content (AvgIpc) is 3.18. The third-order valence-corrected chi connectivity index (χ3v) is 5.14. The molecular weight excluding hydrogens is 435 g/mol. The second-order valence-corrected chi connectivity index (χ2v) is 7.49. The number of carbonyl (C=O) groups excluding carboxylic acids is 1. The van der Waals surface area contributed by atoms with Gasteiger partial charge in [-0.3, -0.25) is 9.78 Å². The number of benzene rings is 2. The Morgan fingerprint density at radius 2 is 1.88 bits per heavy atom. The van der Waals surface area contributed by atoms with E-state index in [-0.39, 0.29) is 13.0 Å². The zero-order valence-electron chi connectivity index (χ0n) is 17.6. The number of hydrogen-bond donors (Lipinski definition) is 1. The van der Waals surface area contributed by atoms with Gasteiger partial charge in [0, 0.05) is 25.4 Å². The number of rotatable bonds is 6. The van der Waals surface area contributed by atoms with Crippen LogP contribution in [-0.4, -0.2) is 27.5 Å². The van der Waals surface area contributed by atoms with Crippen molar-refractivity contribution in [1.29, 1.82) is 0 Å². The monoisotopic (exact) mass is 455 g/mol. The molecule has 1 amide bonds. The first-order valence-corrected chi connectivity index (χ1v) is 10.2. The van der Waals surface area contributed by atoms with Crippen molar-refractivity contribution in [2.24, 2.45) is 0 Å². The number of aryl methyl sites for hydroxylation is 1. The fourth-order valence-corrected chi connectivity index (χ4v) is 3.47. The quantitative estimate of drug-likeness (QED) is 0.449. The second kappa shape index (κ2) is 9.03. The molecule has 0 aliphatic rings. The SMILES string of the molecule is Cc1nc2cc(N(CCc3ccc(C(F)(F)F)nc3)C(=O)C(O)c3ccccc3)ccc2o1. The Balaban J connectivity index is 1.62. The van der Waals surface area contributed by atoms with Crippen LogP contribution >= 0.6 is 0 Å². The van der Waals surface area contributed by atoms with Crippen LogP contribution in [0.15, 0.2) is 71.3 Å². The number of fused-ring (bicyclic) bond motifs is 1. The van der Waals surface area contributed by atoms with Crippen molar-refractivity contribution in [3.05, 3.63) is 89.6 Å². The molecule has 4 rings (SSSR count). The first-order chi connectivity index (χ1) is 15.7. The Morgan fingerprint density at radius 3 is 2.55 bits per heavy atom. The van der Waals surface area contributed by atoms with E-state index in [1.54, 1.807) is 55.5 Å². The molecule has 1 N–H and O–H groups in total. The van der Waals surface area contributed by atoms with Gasteiger partial charge in [0.2, 0.25) is 0 Å². The first-order valence-electron chi connectivity index (χ1n) is 10.2. The lowest BCUT2D eigenvalue weighted by atomic mass is 10.1. The summed E-state index contributed by atoms with van der Waals surface area (Å²) in [5, 5.41) is 10.7. The topological polar surface area (TPSA) is 79.5 Å². The van der Waals surface area contributed by atoms with Crippen molar-refractivity contribution >= 4 is 22.7 Å². The number of anilines is 1. The van der Waals surface area contributed by atoms with Gasteiger partial charge in [-0.2, -0.15) is 13.2 Å². The minimum absolute atomic E-state index is 0.109. The summed E-state index contributed by atoms with van der Waals surface area (Å²) in [7, 11) is 0. The van der Waals surface area contributed by atoms with Gasteiger partial charge in [-0.25, -0.2) is 4.98 Å². The number of hydrogen-bond acceptors (Lipinski definition) is 5. The fourth-order valence-electron chi connectivity index (χ4n) is 3.47. The molecule has 2 aromatic carbocycles. The number of amides is 1. The van der Waals surface area contributed by atoms with Gasteiger partial charge in [0.15, 0.2) is 17.6 Å². The average molecular weight is 455 g/mol. The number of pyridine rings is 1. The minimum Gasteiger partial charge on any atom is -0.441 e. The standard InChI is InChI=1S/C24H20F3N3O3/c1-15-29-19-13-18(8-9-20(19)33-15)30(23(32)22(31)17-5-3-2-4-6-17)12-11-16-7-10-21(28-14-16)24(25,26)27/h2-10,13-14,22,31H,11-12H2,1H3. The summed E-state index contributed by atoms with van der Waals surface area (Å²) in [6, 6.07) is 15.8. The first kappa shape index (κ1) is 22.5. The highest BCUT2D eigenvalue weighted by Gasteiger charge is 2.32. The number of alkyl halides is 3. The second-order valence-electron chi connectivity index (χ2n) is 7.49. The highest BCUT2D eigenvalue weighted by Crippen LogP contribution is 2.28. The van der Waals surface area contributed by atoms with Gasteiger partial charge >= 0.3 is 6.18 Å². The smallest absolute Gasteiger partial charge is 0.433 e. The summed E-state index contributed by atoms with van der Waals surface area (Å²) < 4.78 is 43.8. The molecule has 6 nitrogen and oxygen atoms in total. The Hall–Kier alpha value is -3.72. The number of aliphatic hydroxyl groups excluding tert-OH is 1. The molecule has 1 unspecified atom stereocenters. The highest BCUT2D eigenvalue weighted by molar-refractivity contribution is 5.98. The van der Waals surface area contributed by atoms with Crippen molar-refractivity contribution in [1.82, 2.24) is 9.97 Å². The van der Waals surface area contributed by atoms with Gasteiger partial charge in [0.05, 0.1) is 0 Å². The van der Waals surface area contributed by atoms with Crippen LogP contribution < -0.4 is 4.90 Å². The predicted octanol–water partition coefficient (Wildman–Crippen LogP) is 4.86. The molecule has 4 aromatic rings. The predicted molar refractivity (Wildman–Crippen MR) is 115 cm³/mol. The Morgan fingerprint density at radius 1 is 1.12 bits per heavy atom. The van der Waals surface area contributed by atoms with E-state index in [9.17, 15) is 23.1 Å². The van der Waals surface area contributed by atoms with Crippen molar-refractivity contribution in [3.8, 4) is 0 Å². The molecule has 170 valence electrons. The van der Waals surface area contributed by atoms with E-state index in [1.165, 1.54) is 11.0 Å². The Kier molecular flexibility index (Phi) is 6.15. The molecular formula is C24H20F3N3O3. The molecule has 1 atom stereocenters. The van der Waals surface area contributed by atoms with Crippen LogP contribution in [0.4, 0.5) is 18.9 Å². The number of halogens is 3. The molecule has 2 aromatic heterocycles. The maximum Gasteiger partial charge on any atom is 0.433 e. The van der Waals surface area contributed by atoms with Gasteiger partial charge in [0.25, 0.3) is 5.91 Å². The third kappa shape index (κ3) is 5.04. The van der Waals surface area contributed by atoms with Crippen LogP contribution in [0.3, 0.4) is 0 Å². The van der Waals surface area contributed by atoms with Crippen molar-refractivity contribution in [2.75, 3.05) is 11.4 Å².